The molecule has 3 heterocycles. The third-order valence-electron chi connectivity index (χ3n) is 6.86. The lowest BCUT2D eigenvalue weighted by molar-refractivity contribution is -0.141. The molecule has 0 radical (unpaired) electrons. The van der Waals surface area contributed by atoms with Crippen LogP contribution in [0.25, 0.3) is 22.5 Å². The van der Waals surface area contributed by atoms with Gasteiger partial charge in [-0.05, 0) is 67.8 Å². The first-order valence-electron chi connectivity index (χ1n) is 13.3. The van der Waals surface area contributed by atoms with Gasteiger partial charge in [0.25, 0.3) is 11.8 Å². The van der Waals surface area contributed by atoms with E-state index in [1.165, 1.54) is 24.0 Å². The molecule has 0 saturated carbocycles. The largest absolute Gasteiger partial charge is 0.466 e. The second-order valence-electron chi connectivity index (χ2n) is 9.58. The topological polar surface area (TPSA) is 94.4 Å². The van der Waals surface area contributed by atoms with E-state index in [0.29, 0.717) is 43.5 Å². The number of esters is 1. The Hall–Kier alpha value is -4.66. The van der Waals surface area contributed by atoms with Crippen LogP contribution >= 0.6 is 0 Å². The molecule has 0 N–H and O–H groups in total. The van der Waals surface area contributed by atoms with Crippen molar-refractivity contribution in [1.29, 1.82) is 0 Å². The summed E-state index contributed by atoms with van der Waals surface area (Å²) in [6.07, 6.45) is 5.94. The first kappa shape index (κ1) is 26.9. The summed E-state index contributed by atoms with van der Waals surface area (Å²) in [5.41, 5.74) is 4.08. The Morgan fingerprint density at radius 2 is 1.52 bits per heavy atom. The van der Waals surface area contributed by atoms with E-state index >= 15 is 0 Å². The van der Waals surface area contributed by atoms with E-state index in [9.17, 15) is 18.8 Å². The molecule has 4 aromatic rings. The minimum absolute atomic E-state index is 0.254. The Labute approximate surface area is 231 Å². The first-order valence-corrected chi connectivity index (χ1v) is 13.3. The quantitative estimate of drug-likeness (QED) is 0.145. The molecule has 1 aliphatic rings. The maximum Gasteiger partial charge on any atom is 0.302 e. The van der Waals surface area contributed by atoms with Gasteiger partial charge in [-0.3, -0.25) is 24.3 Å². The van der Waals surface area contributed by atoms with Gasteiger partial charge in [-0.15, -0.1) is 0 Å². The first-order chi connectivity index (χ1) is 19.4. The van der Waals surface area contributed by atoms with Crippen LogP contribution in [0.4, 0.5) is 4.39 Å². The van der Waals surface area contributed by atoms with E-state index in [-0.39, 0.29) is 30.1 Å². The predicted molar refractivity (Wildman–Crippen MR) is 147 cm³/mol. The van der Waals surface area contributed by atoms with Gasteiger partial charge in [0.05, 0.1) is 29.1 Å². The highest BCUT2D eigenvalue weighted by atomic mass is 19.1. The Bertz CT molecular complexity index is 1500. The summed E-state index contributed by atoms with van der Waals surface area (Å²) < 4.78 is 21.0. The molecule has 8 nitrogen and oxygen atoms in total. The number of hydrogen-bond acceptors (Lipinski definition) is 6. The third-order valence-corrected chi connectivity index (χ3v) is 6.86. The number of imidazole rings is 1. The van der Waals surface area contributed by atoms with Gasteiger partial charge in [0.2, 0.25) is 0 Å². The van der Waals surface area contributed by atoms with E-state index < -0.39 is 0 Å². The number of amides is 2. The third kappa shape index (κ3) is 5.68. The summed E-state index contributed by atoms with van der Waals surface area (Å²) >= 11 is 0. The molecule has 0 aliphatic carbocycles. The molecule has 2 aromatic heterocycles. The lowest BCUT2D eigenvalue weighted by Crippen LogP contribution is -2.31. The molecule has 0 saturated heterocycles. The SMILES string of the molecule is CC(=O)OCCCCc1nc(-c2ccncc2)c(-c2ccc(F)cc2)n1CCCN1C(=O)c2ccccc2C1=O. The minimum Gasteiger partial charge on any atom is -0.466 e. The number of ether oxygens (including phenoxy) is 1. The highest BCUT2D eigenvalue weighted by Gasteiger charge is 2.34. The van der Waals surface area contributed by atoms with Crippen molar-refractivity contribution in [2.24, 2.45) is 0 Å². The van der Waals surface area contributed by atoms with Gasteiger partial charge in [0, 0.05) is 50.0 Å². The van der Waals surface area contributed by atoms with E-state index in [1.54, 1.807) is 48.8 Å². The molecule has 0 spiro atoms. The Kier molecular flexibility index (Phi) is 8.10. The molecule has 2 aromatic carbocycles. The van der Waals surface area contributed by atoms with Gasteiger partial charge in [0.15, 0.2) is 0 Å². The fraction of sp³-hybridized carbons (Fsp3) is 0.258. The molecular formula is C31H29FN4O4. The van der Waals surface area contributed by atoms with Crippen molar-refractivity contribution in [2.75, 3.05) is 13.2 Å². The Morgan fingerprint density at radius 3 is 2.17 bits per heavy atom. The summed E-state index contributed by atoms with van der Waals surface area (Å²) in [4.78, 5) is 47.3. The summed E-state index contributed by atoms with van der Waals surface area (Å²) in [5.74, 6) is -0.400. The fourth-order valence-corrected chi connectivity index (χ4v) is 4.97. The zero-order valence-electron chi connectivity index (χ0n) is 22.2. The lowest BCUT2D eigenvalue weighted by Gasteiger charge is -2.17. The average Bonchev–Trinajstić information content (AvgIpc) is 3.44. The fourth-order valence-electron chi connectivity index (χ4n) is 4.97. The molecule has 5 rings (SSSR count). The van der Waals surface area contributed by atoms with Crippen molar-refractivity contribution < 1.29 is 23.5 Å². The molecule has 0 bridgehead atoms. The summed E-state index contributed by atoms with van der Waals surface area (Å²) in [6.45, 7) is 2.45. The number of unbranched alkanes of at least 4 members (excludes halogenated alkanes) is 1. The zero-order valence-corrected chi connectivity index (χ0v) is 22.2. The van der Waals surface area contributed by atoms with Crippen LogP contribution in [-0.2, 0) is 22.5 Å². The van der Waals surface area contributed by atoms with E-state index in [2.05, 4.69) is 9.55 Å². The normalized spacial score (nSPS) is 12.6. The number of nitrogens with zero attached hydrogens (tertiary/aromatic N) is 4. The van der Waals surface area contributed by atoms with Gasteiger partial charge in [0.1, 0.15) is 11.6 Å². The number of halogens is 1. The Morgan fingerprint density at radius 1 is 0.850 bits per heavy atom. The number of benzene rings is 2. The number of imide groups is 1. The second kappa shape index (κ2) is 12.0. The van der Waals surface area contributed by atoms with Crippen molar-refractivity contribution in [1.82, 2.24) is 19.4 Å². The van der Waals surface area contributed by atoms with Gasteiger partial charge < -0.3 is 9.30 Å². The molecule has 204 valence electrons. The molecule has 40 heavy (non-hydrogen) atoms. The van der Waals surface area contributed by atoms with Gasteiger partial charge in [-0.25, -0.2) is 9.37 Å². The molecule has 1 aliphatic heterocycles. The maximum atomic E-state index is 13.9. The van der Waals surface area contributed by atoms with Gasteiger partial charge in [-0.1, -0.05) is 12.1 Å². The molecule has 0 unspecified atom stereocenters. The second-order valence-corrected chi connectivity index (χ2v) is 9.58. The van der Waals surface area contributed by atoms with Crippen LogP contribution in [0.15, 0.2) is 73.1 Å². The van der Waals surface area contributed by atoms with E-state index in [4.69, 9.17) is 9.72 Å². The average molecular weight is 541 g/mol. The monoisotopic (exact) mass is 540 g/mol. The van der Waals surface area contributed by atoms with Crippen LogP contribution in [0.5, 0.6) is 0 Å². The number of pyridine rings is 1. The zero-order chi connectivity index (χ0) is 28.1. The molecule has 0 fully saturated rings. The van der Waals surface area contributed by atoms with Crippen LogP contribution < -0.4 is 0 Å². The molecule has 9 heteroatoms. The van der Waals surface area contributed by atoms with Gasteiger partial charge >= 0.3 is 5.97 Å². The summed E-state index contributed by atoms with van der Waals surface area (Å²) in [7, 11) is 0. The molecule has 2 amide bonds. The van der Waals surface area contributed by atoms with Crippen LogP contribution in [0, 0.1) is 5.82 Å². The predicted octanol–water partition coefficient (Wildman–Crippen LogP) is 5.32. The molecule has 0 atom stereocenters. The smallest absolute Gasteiger partial charge is 0.302 e. The van der Waals surface area contributed by atoms with Crippen LogP contribution in [0.2, 0.25) is 0 Å². The van der Waals surface area contributed by atoms with Crippen molar-refractivity contribution in [3.8, 4) is 22.5 Å². The highest BCUT2D eigenvalue weighted by Crippen LogP contribution is 2.34. The van der Waals surface area contributed by atoms with Crippen LogP contribution in [0.3, 0.4) is 0 Å². The minimum atomic E-state index is -0.336. The number of rotatable bonds is 11. The van der Waals surface area contributed by atoms with Crippen molar-refractivity contribution >= 4 is 17.8 Å². The number of fused-ring (bicyclic) bond motifs is 1. The van der Waals surface area contributed by atoms with Crippen molar-refractivity contribution in [2.45, 2.75) is 39.2 Å². The van der Waals surface area contributed by atoms with Crippen LogP contribution in [0.1, 0.15) is 52.7 Å². The number of aromatic nitrogens is 3. The maximum absolute atomic E-state index is 13.9. The number of carbonyl (C=O) groups excluding carboxylic acids is 3. The van der Waals surface area contributed by atoms with E-state index in [1.807, 2.05) is 12.1 Å². The molecular weight excluding hydrogens is 511 g/mol. The highest BCUT2D eigenvalue weighted by molar-refractivity contribution is 6.21. The Balaban J connectivity index is 1.45. The number of hydrogen-bond donors (Lipinski definition) is 0. The van der Waals surface area contributed by atoms with E-state index in [0.717, 1.165) is 34.8 Å². The number of aryl methyl sites for hydroxylation is 1. The number of carbonyl (C=O) groups is 3. The lowest BCUT2D eigenvalue weighted by atomic mass is 10.1. The summed E-state index contributed by atoms with van der Waals surface area (Å²) in [5, 5.41) is 0. The van der Waals surface area contributed by atoms with Crippen molar-refractivity contribution in [3.05, 3.63) is 95.8 Å². The summed E-state index contributed by atoms with van der Waals surface area (Å²) in [6, 6.07) is 16.9. The van der Waals surface area contributed by atoms with Crippen LogP contribution in [-0.4, -0.2) is 50.4 Å². The van der Waals surface area contributed by atoms with Crippen molar-refractivity contribution in [3.63, 3.8) is 0 Å². The van der Waals surface area contributed by atoms with Gasteiger partial charge in [-0.2, -0.15) is 0 Å². The standard InChI is InChI=1S/C31H29FN4O4/c1-21(37)40-20-5-4-9-27-34-28(22-14-16-33-17-15-22)29(23-10-12-24(32)13-11-23)35(27)18-6-19-36-30(38)25-7-2-3-8-26(25)31(36)39/h2-3,7-8,10-17H,4-6,9,18-20H2,1H3.